The second-order valence-electron chi connectivity index (χ2n) is 3.30. The van der Waals surface area contributed by atoms with Gasteiger partial charge in [-0.05, 0) is 19.3 Å². The molecule has 2 atom stereocenters. The van der Waals surface area contributed by atoms with E-state index in [1.165, 1.54) is 6.92 Å². The Labute approximate surface area is 78.0 Å². The zero-order valence-corrected chi connectivity index (χ0v) is 8.03. The third kappa shape index (κ3) is 2.52. The highest BCUT2D eigenvalue weighted by atomic mass is 35.5. The van der Waals surface area contributed by atoms with E-state index < -0.39 is 0 Å². The molecule has 0 heterocycles. The fourth-order valence-corrected chi connectivity index (χ4v) is 1.79. The number of allylic oxidation sites excluding steroid dienone is 1. The van der Waals surface area contributed by atoms with Crippen LogP contribution in [0.15, 0.2) is 12.2 Å². The number of hydrogen-bond donors (Lipinski definition) is 1. The molecule has 12 heavy (non-hydrogen) atoms. The van der Waals surface area contributed by atoms with Gasteiger partial charge in [-0.15, -0.1) is 11.6 Å². The first kappa shape index (κ1) is 9.59. The van der Waals surface area contributed by atoms with E-state index in [0.717, 1.165) is 24.8 Å². The maximum atomic E-state index is 10.7. The predicted molar refractivity (Wildman–Crippen MR) is 50.2 cm³/mol. The lowest BCUT2D eigenvalue weighted by Crippen LogP contribution is -2.37. The number of rotatable bonds is 1. The van der Waals surface area contributed by atoms with Crippen LogP contribution in [0, 0.1) is 0 Å². The summed E-state index contributed by atoms with van der Waals surface area (Å²) in [7, 11) is 0. The lowest BCUT2D eigenvalue weighted by atomic mass is 9.91. The molecule has 1 rings (SSSR count). The molecule has 2 nitrogen and oxygen atoms in total. The molecule has 1 saturated carbocycles. The van der Waals surface area contributed by atoms with Crippen molar-refractivity contribution in [3.63, 3.8) is 0 Å². The largest absolute Gasteiger partial charge is 0.354 e. The number of halogens is 1. The van der Waals surface area contributed by atoms with Gasteiger partial charge in [-0.3, -0.25) is 4.79 Å². The number of hydrogen-bond acceptors (Lipinski definition) is 1. The lowest BCUT2D eigenvalue weighted by Gasteiger charge is -2.27. The first-order chi connectivity index (χ1) is 5.59. The Hall–Kier alpha value is -0.500. The van der Waals surface area contributed by atoms with E-state index in [1.807, 2.05) is 0 Å². The van der Waals surface area contributed by atoms with Gasteiger partial charge in [0, 0.05) is 13.0 Å². The average Bonchev–Trinajstić information content (AvgIpc) is 1.96. The van der Waals surface area contributed by atoms with Crippen molar-refractivity contribution in [1.29, 1.82) is 0 Å². The zero-order valence-electron chi connectivity index (χ0n) is 7.27. The normalized spacial score (nSPS) is 30.0. The molecule has 2 unspecified atom stereocenters. The number of alkyl halides is 1. The molecule has 1 aliphatic carbocycles. The van der Waals surface area contributed by atoms with E-state index in [2.05, 4.69) is 11.9 Å². The van der Waals surface area contributed by atoms with Crippen LogP contribution in [0.25, 0.3) is 0 Å². The summed E-state index contributed by atoms with van der Waals surface area (Å²) >= 11 is 5.99. The maximum absolute atomic E-state index is 10.7. The van der Waals surface area contributed by atoms with Crippen molar-refractivity contribution in [3.8, 4) is 0 Å². The zero-order chi connectivity index (χ0) is 9.14. The van der Waals surface area contributed by atoms with Gasteiger partial charge in [0.1, 0.15) is 0 Å². The van der Waals surface area contributed by atoms with Crippen LogP contribution in [0.1, 0.15) is 26.2 Å². The van der Waals surface area contributed by atoms with Gasteiger partial charge in [0.25, 0.3) is 0 Å². The lowest BCUT2D eigenvalue weighted by molar-refractivity contribution is -0.119. The van der Waals surface area contributed by atoms with Gasteiger partial charge in [0.2, 0.25) is 5.91 Å². The number of amides is 1. The quantitative estimate of drug-likeness (QED) is 0.493. The van der Waals surface area contributed by atoms with Crippen molar-refractivity contribution in [2.75, 3.05) is 0 Å². The Bertz CT molecular complexity index is 203. The summed E-state index contributed by atoms with van der Waals surface area (Å²) in [6.07, 6.45) is 2.72. The standard InChI is InChI=1S/C9H14ClNO/c1-6-3-4-8(5-9(6)10)11-7(2)12/h8-9H,1,3-5H2,2H3,(H,11,12). The van der Waals surface area contributed by atoms with E-state index in [0.29, 0.717) is 0 Å². The number of nitrogens with one attached hydrogen (secondary N) is 1. The van der Waals surface area contributed by atoms with Crippen molar-refractivity contribution in [1.82, 2.24) is 5.32 Å². The van der Waals surface area contributed by atoms with Crippen molar-refractivity contribution >= 4 is 17.5 Å². The van der Waals surface area contributed by atoms with Crippen LogP contribution in [0.3, 0.4) is 0 Å². The number of carbonyl (C=O) groups is 1. The molecule has 1 aliphatic rings. The molecule has 0 saturated heterocycles. The van der Waals surface area contributed by atoms with Gasteiger partial charge >= 0.3 is 0 Å². The summed E-state index contributed by atoms with van der Waals surface area (Å²) in [6, 6.07) is 0.246. The molecule has 0 aromatic rings. The fraction of sp³-hybridized carbons (Fsp3) is 0.667. The Kier molecular flexibility index (Phi) is 3.15. The minimum atomic E-state index is 0.0244. The summed E-state index contributed by atoms with van der Waals surface area (Å²) in [6.45, 7) is 5.40. The Morgan fingerprint density at radius 2 is 2.42 bits per heavy atom. The van der Waals surface area contributed by atoms with Crippen LogP contribution in [-0.2, 0) is 4.79 Å². The number of carbonyl (C=O) groups excluding carboxylic acids is 1. The van der Waals surface area contributed by atoms with Crippen LogP contribution in [-0.4, -0.2) is 17.3 Å². The summed E-state index contributed by atoms with van der Waals surface area (Å²) in [4.78, 5) is 10.7. The Morgan fingerprint density at radius 3 is 2.92 bits per heavy atom. The molecule has 3 heteroatoms. The van der Waals surface area contributed by atoms with E-state index in [1.54, 1.807) is 0 Å². The smallest absolute Gasteiger partial charge is 0.217 e. The van der Waals surface area contributed by atoms with E-state index in [4.69, 9.17) is 11.6 Å². The van der Waals surface area contributed by atoms with E-state index >= 15 is 0 Å². The molecular weight excluding hydrogens is 174 g/mol. The van der Waals surface area contributed by atoms with Crippen molar-refractivity contribution < 1.29 is 4.79 Å². The van der Waals surface area contributed by atoms with Gasteiger partial charge in [0.15, 0.2) is 0 Å². The molecule has 0 bridgehead atoms. The molecule has 1 N–H and O–H groups in total. The third-order valence-electron chi connectivity index (χ3n) is 2.16. The molecule has 68 valence electrons. The molecule has 0 aromatic carbocycles. The predicted octanol–water partition coefficient (Wildman–Crippen LogP) is 1.84. The highest BCUT2D eigenvalue weighted by Crippen LogP contribution is 2.26. The molecule has 0 aromatic heterocycles. The molecule has 0 aliphatic heterocycles. The molecule has 0 spiro atoms. The van der Waals surface area contributed by atoms with Crippen LogP contribution in [0.2, 0.25) is 0 Å². The molecular formula is C9H14ClNO. The third-order valence-corrected chi connectivity index (χ3v) is 2.64. The van der Waals surface area contributed by atoms with Gasteiger partial charge in [-0.25, -0.2) is 0 Å². The van der Waals surface area contributed by atoms with Crippen LogP contribution >= 0.6 is 11.6 Å². The van der Waals surface area contributed by atoms with E-state index in [9.17, 15) is 4.79 Å². The second kappa shape index (κ2) is 3.94. The highest BCUT2D eigenvalue weighted by Gasteiger charge is 2.23. The van der Waals surface area contributed by atoms with Gasteiger partial charge in [0.05, 0.1) is 5.38 Å². The average molecular weight is 188 g/mol. The Balaban J connectivity index is 2.40. The van der Waals surface area contributed by atoms with Crippen LogP contribution < -0.4 is 5.32 Å². The van der Waals surface area contributed by atoms with Crippen molar-refractivity contribution in [2.45, 2.75) is 37.6 Å². The summed E-state index contributed by atoms with van der Waals surface area (Å²) in [5.41, 5.74) is 1.10. The fourth-order valence-electron chi connectivity index (χ4n) is 1.47. The highest BCUT2D eigenvalue weighted by molar-refractivity contribution is 6.22. The minimum absolute atomic E-state index is 0.0244. The monoisotopic (exact) mass is 187 g/mol. The first-order valence-electron chi connectivity index (χ1n) is 4.18. The van der Waals surface area contributed by atoms with Crippen LogP contribution in [0.5, 0.6) is 0 Å². The van der Waals surface area contributed by atoms with Gasteiger partial charge < -0.3 is 5.32 Å². The van der Waals surface area contributed by atoms with Gasteiger partial charge in [-0.1, -0.05) is 12.2 Å². The first-order valence-corrected chi connectivity index (χ1v) is 4.62. The van der Waals surface area contributed by atoms with Crippen molar-refractivity contribution in [2.24, 2.45) is 0 Å². The molecule has 0 radical (unpaired) electrons. The van der Waals surface area contributed by atoms with Crippen LogP contribution in [0.4, 0.5) is 0 Å². The molecule has 1 amide bonds. The topological polar surface area (TPSA) is 29.1 Å². The molecule has 1 fully saturated rings. The summed E-state index contributed by atoms with van der Waals surface area (Å²) in [5, 5.41) is 2.91. The van der Waals surface area contributed by atoms with E-state index in [-0.39, 0.29) is 17.3 Å². The summed E-state index contributed by atoms with van der Waals surface area (Å²) in [5.74, 6) is 0.0244. The Morgan fingerprint density at radius 1 is 1.75 bits per heavy atom. The minimum Gasteiger partial charge on any atom is -0.354 e. The SMILES string of the molecule is C=C1CCC(NC(C)=O)CC1Cl. The van der Waals surface area contributed by atoms with Gasteiger partial charge in [-0.2, -0.15) is 0 Å². The maximum Gasteiger partial charge on any atom is 0.217 e. The van der Waals surface area contributed by atoms with Crippen molar-refractivity contribution in [3.05, 3.63) is 12.2 Å². The second-order valence-corrected chi connectivity index (χ2v) is 3.82. The summed E-state index contributed by atoms with van der Waals surface area (Å²) < 4.78 is 0.